The molecule has 0 spiro atoms. The summed E-state index contributed by atoms with van der Waals surface area (Å²) < 4.78 is 17.6. The van der Waals surface area contributed by atoms with Crippen molar-refractivity contribution in [1.82, 2.24) is 0 Å². The lowest BCUT2D eigenvalue weighted by Gasteiger charge is -2.28. The number of aliphatic imine (C=N–C) groups is 1. The number of ether oxygens (including phenoxy) is 3. The molecule has 6 heteroatoms. The molecule has 1 fully saturated rings. The van der Waals surface area contributed by atoms with Crippen molar-refractivity contribution in [2.45, 2.75) is 20.0 Å². The second-order valence-electron chi connectivity index (χ2n) is 8.19. The summed E-state index contributed by atoms with van der Waals surface area (Å²) in [5.41, 5.74) is 4.94. The van der Waals surface area contributed by atoms with Crippen LogP contribution in [0.3, 0.4) is 0 Å². The van der Waals surface area contributed by atoms with E-state index in [1.807, 2.05) is 61.7 Å². The summed E-state index contributed by atoms with van der Waals surface area (Å²) >= 11 is 6.32. The second-order valence-corrected chi connectivity index (χ2v) is 8.59. The highest BCUT2D eigenvalue weighted by molar-refractivity contribution is 6.31. The lowest BCUT2D eigenvalue weighted by molar-refractivity contribution is 0.122. The van der Waals surface area contributed by atoms with Gasteiger partial charge >= 0.3 is 0 Å². The molecular formula is C29H31ClN2O3. The first kappa shape index (κ1) is 24.8. The van der Waals surface area contributed by atoms with Gasteiger partial charge in [0.1, 0.15) is 6.61 Å². The monoisotopic (exact) mass is 490 g/mol. The number of halogens is 1. The van der Waals surface area contributed by atoms with Crippen molar-refractivity contribution in [3.63, 3.8) is 0 Å². The van der Waals surface area contributed by atoms with E-state index in [1.54, 1.807) is 0 Å². The van der Waals surface area contributed by atoms with Gasteiger partial charge in [-0.05, 0) is 61.4 Å². The highest BCUT2D eigenvalue weighted by Gasteiger charge is 2.14. The first-order chi connectivity index (χ1) is 17.2. The van der Waals surface area contributed by atoms with Crippen molar-refractivity contribution in [2.24, 2.45) is 4.99 Å². The van der Waals surface area contributed by atoms with Crippen LogP contribution in [0.1, 0.15) is 23.6 Å². The maximum atomic E-state index is 6.32. The molecule has 3 aromatic rings. The normalized spacial score (nSPS) is 13.7. The average Bonchev–Trinajstić information content (AvgIpc) is 2.89. The molecule has 0 aromatic heterocycles. The van der Waals surface area contributed by atoms with Crippen LogP contribution in [0, 0.1) is 0 Å². The second kappa shape index (κ2) is 12.4. The number of nitrogens with zero attached hydrogens (tertiary/aromatic N) is 2. The summed E-state index contributed by atoms with van der Waals surface area (Å²) in [6, 6.07) is 20.0. The van der Waals surface area contributed by atoms with Crippen molar-refractivity contribution in [1.29, 1.82) is 0 Å². The molecule has 0 radical (unpaired) electrons. The summed E-state index contributed by atoms with van der Waals surface area (Å²) in [6.45, 7) is 10.1. The zero-order chi connectivity index (χ0) is 24.5. The molecule has 1 aliphatic heterocycles. The predicted octanol–water partition coefficient (Wildman–Crippen LogP) is 6.63. The molecule has 0 aliphatic carbocycles. The van der Waals surface area contributed by atoms with Gasteiger partial charge in [0, 0.05) is 41.1 Å². The van der Waals surface area contributed by atoms with Gasteiger partial charge in [-0.3, -0.25) is 4.99 Å². The number of anilines is 1. The van der Waals surface area contributed by atoms with Gasteiger partial charge < -0.3 is 19.1 Å². The van der Waals surface area contributed by atoms with E-state index >= 15 is 0 Å². The Labute approximate surface area is 212 Å². The van der Waals surface area contributed by atoms with E-state index in [4.69, 9.17) is 30.8 Å². The third-order valence-corrected chi connectivity index (χ3v) is 6.11. The van der Waals surface area contributed by atoms with Crippen LogP contribution in [0.4, 0.5) is 11.4 Å². The van der Waals surface area contributed by atoms with Crippen LogP contribution in [-0.4, -0.2) is 39.1 Å². The summed E-state index contributed by atoms with van der Waals surface area (Å²) in [7, 11) is 0. The van der Waals surface area contributed by atoms with Crippen LogP contribution in [0.5, 0.6) is 11.5 Å². The molecule has 3 aromatic carbocycles. The molecule has 0 amide bonds. The van der Waals surface area contributed by atoms with Crippen LogP contribution in [0.15, 0.2) is 78.3 Å². The topological polar surface area (TPSA) is 43.3 Å². The van der Waals surface area contributed by atoms with Gasteiger partial charge in [-0.15, -0.1) is 6.58 Å². The van der Waals surface area contributed by atoms with Crippen LogP contribution in [0.2, 0.25) is 5.02 Å². The minimum absolute atomic E-state index is 0.354. The van der Waals surface area contributed by atoms with Gasteiger partial charge in [0.25, 0.3) is 0 Å². The van der Waals surface area contributed by atoms with E-state index in [9.17, 15) is 0 Å². The summed E-state index contributed by atoms with van der Waals surface area (Å²) in [5.74, 6) is 1.39. The summed E-state index contributed by atoms with van der Waals surface area (Å²) in [5, 5.41) is 0.680. The molecule has 0 N–H and O–H groups in total. The molecule has 0 atom stereocenters. The van der Waals surface area contributed by atoms with E-state index in [0.717, 1.165) is 48.7 Å². The van der Waals surface area contributed by atoms with Crippen molar-refractivity contribution in [3.8, 4) is 11.5 Å². The molecule has 35 heavy (non-hydrogen) atoms. The van der Waals surface area contributed by atoms with Gasteiger partial charge in [0.15, 0.2) is 11.5 Å². The van der Waals surface area contributed by atoms with Crippen molar-refractivity contribution >= 4 is 29.2 Å². The zero-order valence-corrected chi connectivity index (χ0v) is 20.8. The van der Waals surface area contributed by atoms with Crippen molar-refractivity contribution < 1.29 is 14.2 Å². The minimum Gasteiger partial charge on any atom is -0.490 e. The Morgan fingerprint density at radius 1 is 1.03 bits per heavy atom. The molecule has 4 rings (SSSR count). The fourth-order valence-corrected chi connectivity index (χ4v) is 4.17. The van der Waals surface area contributed by atoms with Crippen LogP contribution < -0.4 is 14.4 Å². The zero-order valence-electron chi connectivity index (χ0n) is 20.1. The maximum Gasteiger partial charge on any atom is 0.165 e. The number of hydrogen-bond donors (Lipinski definition) is 0. The Hall–Kier alpha value is -3.28. The smallest absolute Gasteiger partial charge is 0.165 e. The Balaban J connectivity index is 1.54. The van der Waals surface area contributed by atoms with Gasteiger partial charge in [-0.25, -0.2) is 0 Å². The largest absolute Gasteiger partial charge is 0.490 e. The fourth-order valence-electron chi connectivity index (χ4n) is 3.98. The number of rotatable bonds is 10. The maximum absolute atomic E-state index is 6.32. The lowest BCUT2D eigenvalue weighted by Crippen LogP contribution is -2.36. The first-order valence-electron chi connectivity index (χ1n) is 11.9. The van der Waals surface area contributed by atoms with Crippen LogP contribution >= 0.6 is 11.6 Å². The third kappa shape index (κ3) is 6.65. The molecular weight excluding hydrogens is 460 g/mol. The van der Waals surface area contributed by atoms with E-state index in [0.29, 0.717) is 36.2 Å². The molecule has 1 heterocycles. The summed E-state index contributed by atoms with van der Waals surface area (Å²) in [6.07, 6.45) is 4.36. The number of benzene rings is 3. The Morgan fingerprint density at radius 3 is 2.51 bits per heavy atom. The fraction of sp³-hybridized carbons (Fsp3) is 0.276. The molecule has 5 nitrogen and oxygen atoms in total. The quantitative estimate of drug-likeness (QED) is 0.236. The van der Waals surface area contributed by atoms with E-state index < -0.39 is 0 Å². The van der Waals surface area contributed by atoms with E-state index in [-0.39, 0.29) is 0 Å². The van der Waals surface area contributed by atoms with Gasteiger partial charge in [-0.1, -0.05) is 35.9 Å². The molecule has 1 aliphatic rings. The SMILES string of the molecule is C=CCc1cc(C=Nc2ccc(N3CCOCC3)cc2)cc(OCC)c1OCc1ccccc1Cl. The number of hydrogen-bond acceptors (Lipinski definition) is 5. The standard InChI is InChI=1S/C29H31ClN2O3/c1-3-7-23-18-22(20-31-25-10-12-26(13-11-25)32-14-16-33-17-15-32)19-28(34-4-2)29(23)35-21-24-8-5-6-9-27(24)30/h3,5-6,8-13,18-20H,1,4,7,14-17,21H2,2H3. The Morgan fingerprint density at radius 2 is 1.80 bits per heavy atom. The highest BCUT2D eigenvalue weighted by atomic mass is 35.5. The minimum atomic E-state index is 0.354. The van der Waals surface area contributed by atoms with Gasteiger partial charge in [-0.2, -0.15) is 0 Å². The molecule has 0 unspecified atom stereocenters. The van der Waals surface area contributed by atoms with Crippen LogP contribution in [0.25, 0.3) is 0 Å². The van der Waals surface area contributed by atoms with Gasteiger partial charge in [0.2, 0.25) is 0 Å². The average molecular weight is 491 g/mol. The predicted molar refractivity (Wildman–Crippen MR) is 144 cm³/mol. The van der Waals surface area contributed by atoms with E-state index in [1.165, 1.54) is 5.69 Å². The Kier molecular flexibility index (Phi) is 8.82. The molecule has 0 saturated carbocycles. The number of morpholine rings is 1. The molecule has 182 valence electrons. The lowest BCUT2D eigenvalue weighted by atomic mass is 10.1. The highest BCUT2D eigenvalue weighted by Crippen LogP contribution is 2.35. The first-order valence-corrected chi connectivity index (χ1v) is 12.3. The van der Waals surface area contributed by atoms with Crippen molar-refractivity contribution in [2.75, 3.05) is 37.8 Å². The third-order valence-electron chi connectivity index (χ3n) is 5.74. The van der Waals surface area contributed by atoms with Crippen LogP contribution in [-0.2, 0) is 17.8 Å². The molecule has 1 saturated heterocycles. The van der Waals surface area contributed by atoms with E-state index in [2.05, 4.69) is 29.7 Å². The summed E-state index contributed by atoms with van der Waals surface area (Å²) in [4.78, 5) is 7.02. The number of allylic oxidation sites excluding steroid dienone is 1. The molecule has 0 bridgehead atoms. The Bertz CT molecular complexity index is 1160. The van der Waals surface area contributed by atoms with Gasteiger partial charge in [0.05, 0.1) is 25.5 Å². The van der Waals surface area contributed by atoms with Crippen molar-refractivity contribution in [3.05, 3.63) is 95.0 Å².